The van der Waals surface area contributed by atoms with Gasteiger partial charge in [0.2, 0.25) is 10.0 Å². The second kappa shape index (κ2) is 17.2. The van der Waals surface area contributed by atoms with Crippen molar-refractivity contribution >= 4 is 27.5 Å². The molecule has 4 aromatic carbocycles. The van der Waals surface area contributed by atoms with E-state index in [2.05, 4.69) is 33.0 Å². The van der Waals surface area contributed by atoms with Crippen molar-refractivity contribution in [1.29, 1.82) is 0 Å². The zero-order valence-corrected chi connectivity index (χ0v) is 29.6. The molecule has 4 rings (SSSR count). The molecule has 0 aliphatic rings. The molecule has 0 bridgehead atoms. The summed E-state index contributed by atoms with van der Waals surface area (Å²) in [4.78, 5) is 29.4. The second-order valence-corrected chi connectivity index (χ2v) is 14.6. The van der Waals surface area contributed by atoms with Crippen LogP contribution in [0, 0.1) is 0 Å². The number of aliphatic hydroxyl groups is 1. The molecule has 3 unspecified atom stereocenters. The van der Waals surface area contributed by atoms with E-state index in [1.54, 1.807) is 0 Å². The molecule has 0 heterocycles. The van der Waals surface area contributed by atoms with Crippen LogP contribution in [-0.4, -0.2) is 76.3 Å². The van der Waals surface area contributed by atoms with E-state index in [4.69, 9.17) is 0 Å². The van der Waals surface area contributed by atoms with Crippen molar-refractivity contribution in [1.82, 2.24) is 20.9 Å². The number of amides is 2. The van der Waals surface area contributed by atoms with Crippen LogP contribution >= 0.6 is 0 Å². The van der Waals surface area contributed by atoms with E-state index < -0.39 is 34.0 Å². The van der Waals surface area contributed by atoms with Crippen molar-refractivity contribution in [2.24, 2.45) is 0 Å². The van der Waals surface area contributed by atoms with Gasteiger partial charge in [0, 0.05) is 37.8 Å². The SMILES string of the molecule is CC(NC(=O)c1cc(C(=O)NC(Cc2ccccc2)C(O)CNCc2cccc(CN(C)C)c2)cc(N(C)S(C)(=O)=O)c1)c1ccccc1. The molecule has 0 aliphatic carbocycles. The first-order valence-corrected chi connectivity index (χ1v) is 18.1. The lowest BCUT2D eigenvalue weighted by molar-refractivity contribution is 0.0830. The first-order chi connectivity index (χ1) is 23.3. The van der Waals surface area contributed by atoms with Crippen LogP contribution in [0.3, 0.4) is 0 Å². The first kappa shape index (κ1) is 37.3. The average molecular weight is 686 g/mol. The Morgan fingerprint density at radius 1 is 0.755 bits per heavy atom. The number of anilines is 1. The van der Waals surface area contributed by atoms with Crippen molar-refractivity contribution in [3.8, 4) is 0 Å². The molecule has 0 aromatic heterocycles. The number of benzene rings is 4. The highest BCUT2D eigenvalue weighted by Crippen LogP contribution is 2.22. The molecule has 49 heavy (non-hydrogen) atoms. The van der Waals surface area contributed by atoms with Gasteiger partial charge < -0.3 is 26.0 Å². The van der Waals surface area contributed by atoms with Gasteiger partial charge in [0.15, 0.2) is 0 Å². The van der Waals surface area contributed by atoms with E-state index in [-0.39, 0.29) is 29.4 Å². The summed E-state index contributed by atoms with van der Waals surface area (Å²) in [6, 6.07) is 30.5. The Morgan fingerprint density at radius 3 is 1.94 bits per heavy atom. The minimum Gasteiger partial charge on any atom is -0.390 e. The van der Waals surface area contributed by atoms with Crippen LogP contribution in [0.15, 0.2) is 103 Å². The number of nitrogens with zero attached hydrogens (tertiary/aromatic N) is 2. The lowest BCUT2D eigenvalue weighted by Crippen LogP contribution is -2.48. The van der Waals surface area contributed by atoms with Crippen molar-refractivity contribution in [3.63, 3.8) is 0 Å². The molecular formula is C38H47N5O5S. The molecule has 11 heteroatoms. The summed E-state index contributed by atoms with van der Waals surface area (Å²) in [5.41, 5.74) is 4.45. The maximum absolute atomic E-state index is 13.9. The molecule has 3 atom stereocenters. The fraction of sp³-hybridized carbons (Fsp3) is 0.316. The van der Waals surface area contributed by atoms with E-state index in [0.29, 0.717) is 13.0 Å². The predicted octanol–water partition coefficient (Wildman–Crippen LogP) is 4.13. The third-order valence-corrected chi connectivity index (χ3v) is 9.41. The molecule has 10 nitrogen and oxygen atoms in total. The van der Waals surface area contributed by atoms with Crippen molar-refractivity contribution in [2.45, 2.75) is 44.6 Å². The van der Waals surface area contributed by atoms with Crippen molar-refractivity contribution < 1.29 is 23.1 Å². The molecule has 0 spiro atoms. The zero-order valence-electron chi connectivity index (χ0n) is 28.8. The van der Waals surface area contributed by atoms with E-state index in [1.807, 2.05) is 93.8 Å². The summed E-state index contributed by atoms with van der Waals surface area (Å²) in [6.45, 7) is 3.40. The van der Waals surface area contributed by atoms with Crippen LogP contribution in [0.2, 0.25) is 0 Å². The fourth-order valence-electron chi connectivity index (χ4n) is 5.46. The Bertz CT molecular complexity index is 1800. The summed E-state index contributed by atoms with van der Waals surface area (Å²) in [7, 11) is 1.70. The molecule has 260 valence electrons. The Labute approximate surface area is 290 Å². The summed E-state index contributed by atoms with van der Waals surface area (Å²) in [5.74, 6) is -1.01. The topological polar surface area (TPSA) is 131 Å². The number of rotatable bonds is 16. The molecule has 0 saturated carbocycles. The molecule has 2 amide bonds. The van der Waals surface area contributed by atoms with E-state index in [9.17, 15) is 23.1 Å². The molecule has 0 fully saturated rings. The van der Waals surface area contributed by atoms with Gasteiger partial charge in [-0.25, -0.2) is 8.42 Å². The quantitative estimate of drug-likeness (QED) is 0.140. The van der Waals surface area contributed by atoms with Crippen molar-refractivity contribution in [2.75, 3.05) is 38.2 Å². The van der Waals surface area contributed by atoms with Crippen LogP contribution in [0.1, 0.15) is 55.9 Å². The van der Waals surface area contributed by atoms with Gasteiger partial charge in [-0.1, -0.05) is 84.9 Å². The number of aliphatic hydroxyl groups excluding tert-OH is 1. The standard InChI is InChI=1S/C38H47N5O5S/c1-27(31-17-10-7-11-18-31)40-37(45)32-21-33(23-34(22-32)43(4)49(5,47)48)38(46)41-35(20-28-13-8-6-9-14-28)36(44)25-39-24-29-15-12-16-30(19-29)26-42(2)3/h6-19,21-23,27,35-36,39,44H,20,24-26H2,1-5H3,(H,40,45)(H,41,46). The van der Waals surface area contributed by atoms with Crippen molar-refractivity contribution in [3.05, 3.63) is 137 Å². The highest BCUT2D eigenvalue weighted by Gasteiger charge is 2.25. The molecular weight excluding hydrogens is 639 g/mol. The maximum Gasteiger partial charge on any atom is 0.251 e. The molecule has 4 aromatic rings. The summed E-state index contributed by atoms with van der Waals surface area (Å²) < 4.78 is 26.0. The minimum absolute atomic E-state index is 0.0847. The van der Waals surface area contributed by atoms with E-state index >= 15 is 0 Å². The summed E-state index contributed by atoms with van der Waals surface area (Å²) >= 11 is 0. The highest BCUT2D eigenvalue weighted by molar-refractivity contribution is 7.92. The van der Waals surface area contributed by atoms with Gasteiger partial charge in [0.25, 0.3) is 11.8 Å². The number of carbonyl (C=O) groups is 2. The normalized spacial score (nSPS) is 13.4. The summed E-state index contributed by atoms with van der Waals surface area (Å²) in [5, 5.41) is 20.6. The number of hydrogen-bond acceptors (Lipinski definition) is 7. The van der Waals surface area contributed by atoms with Gasteiger partial charge in [0.05, 0.1) is 30.1 Å². The lowest BCUT2D eigenvalue weighted by Gasteiger charge is -2.26. The largest absolute Gasteiger partial charge is 0.390 e. The Kier molecular flexibility index (Phi) is 13.1. The molecule has 0 radical (unpaired) electrons. The van der Waals surface area contributed by atoms with Crippen LogP contribution < -0.4 is 20.3 Å². The monoisotopic (exact) mass is 685 g/mol. The predicted molar refractivity (Wildman–Crippen MR) is 195 cm³/mol. The van der Waals surface area contributed by atoms with Crippen LogP contribution in [-0.2, 0) is 29.5 Å². The Morgan fingerprint density at radius 2 is 1.33 bits per heavy atom. The first-order valence-electron chi connectivity index (χ1n) is 16.2. The zero-order chi connectivity index (χ0) is 35.6. The van der Waals surface area contributed by atoms with Crippen LogP contribution in [0.4, 0.5) is 5.69 Å². The molecule has 0 aliphatic heterocycles. The third kappa shape index (κ3) is 11.3. The minimum atomic E-state index is -3.71. The van der Waals surface area contributed by atoms with Crippen LogP contribution in [0.25, 0.3) is 0 Å². The average Bonchev–Trinajstić information content (AvgIpc) is 3.07. The highest BCUT2D eigenvalue weighted by atomic mass is 32.2. The number of hydrogen-bond donors (Lipinski definition) is 4. The van der Waals surface area contributed by atoms with Crippen LogP contribution in [0.5, 0.6) is 0 Å². The van der Waals surface area contributed by atoms with Gasteiger partial charge in [-0.3, -0.25) is 13.9 Å². The lowest BCUT2D eigenvalue weighted by atomic mass is 9.99. The third-order valence-electron chi connectivity index (χ3n) is 8.20. The van der Waals surface area contributed by atoms with Gasteiger partial charge in [-0.15, -0.1) is 0 Å². The summed E-state index contributed by atoms with van der Waals surface area (Å²) in [6.07, 6.45) is 0.429. The van der Waals surface area contributed by atoms with Gasteiger partial charge in [0.1, 0.15) is 0 Å². The fourth-order valence-corrected chi connectivity index (χ4v) is 5.95. The number of nitrogens with one attached hydrogen (secondary N) is 3. The Hall–Kier alpha value is -4.55. The molecule has 4 N–H and O–H groups in total. The van der Waals surface area contributed by atoms with E-state index in [1.165, 1.54) is 30.8 Å². The van der Waals surface area contributed by atoms with Gasteiger partial charge in [-0.05, 0) is 67.9 Å². The van der Waals surface area contributed by atoms with Gasteiger partial charge in [-0.2, -0.15) is 0 Å². The Balaban J connectivity index is 1.56. The maximum atomic E-state index is 13.9. The van der Waals surface area contributed by atoms with E-state index in [0.717, 1.165) is 33.8 Å². The number of sulfonamides is 1. The van der Waals surface area contributed by atoms with Gasteiger partial charge >= 0.3 is 0 Å². The second-order valence-electron chi connectivity index (χ2n) is 12.6. The number of carbonyl (C=O) groups excluding carboxylic acids is 2. The molecule has 0 saturated heterocycles. The smallest absolute Gasteiger partial charge is 0.251 e.